The molecule has 0 unspecified atom stereocenters. The summed E-state index contributed by atoms with van der Waals surface area (Å²) in [6, 6.07) is 3.54. The zero-order valence-electron chi connectivity index (χ0n) is 11.7. The van der Waals surface area contributed by atoms with Crippen molar-refractivity contribution < 1.29 is 22.7 Å². The van der Waals surface area contributed by atoms with Crippen molar-refractivity contribution in [2.45, 2.75) is 49.5 Å². The quantitative estimate of drug-likeness (QED) is 0.872. The normalized spacial score (nSPS) is 17.8. The van der Waals surface area contributed by atoms with E-state index in [1.54, 1.807) is 6.92 Å². The largest absolute Gasteiger partial charge is 0.481 e. The van der Waals surface area contributed by atoms with Crippen LogP contribution in [0, 0.1) is 12.7 Å². The molecule has 1 aromatic rings. The number of nitrogens with one attached hydrogen (secondary N) is 1. The Hall–Kier alpha value is -1.47. The van der Waals surface area contributed by atoms with E-state index in [0.717, 1.165) is 18.9 Å². The Morgan fingerprint density at radius 3 is 2.57 bits per heavy atom. The molecule has 0 radical (unpaired) electrons. The first kappa shape index (κ1) is 15.9. The van der Waals surface area contributed by atoms with E-state index < -0.39 is 27.3 Å². The van der Waals surface area contributed by atoms with Crippen molar-refractivity contribution in [1.82, 2.24) is 4.72 Å². The second-order valence-electron chi connectivity index (χ2n) is 5.57. The molecule has 0 bridgehead atoms. The molecule has 1 aromatic carbocycles. The molecule has 0 aromatic heterocycles. The molecule has 2 rings (SSSR count). The minimum atomic E-state index is -3.95. The van der Waals surface area contributed by atoms with Crippen LogP contribution in [0.4, 0.5) is 4.39 Å². The maximum Gasteiger partial charge on any atom is 0.305 e. The Labute approximate surface area is 123 Å². The van der Waals surface area contributed by atoms with Crippen molar-refractivity contribution in [3.63, 3.8) is 0 Å². The summed E-state index contributed by atoms with van der Waals surface area (Å²) in [6.07, 6.45) is 2.25. The highest BCUT2D eigenvalue weighted by Gasteiger charge is 2.40. The standard InChI is InChI=1S/C14H18FNO4S/c1-10-4-5-11(15)8-12(10)21(19,20)16-14(9-13(17)18)6-2-3-7-14/h4-5,8,16H,2-3,6-7,9H2,1H3,(H,17,18). The van der Waals surface area contributed by atoms with Gasteiger partial charge in [-0.2, -0.15) is 0 Å². The second-order valence-corrected chi connectivity index (χ2v) is 7.22. The summed E-state index contributed by atoms with van der Waals surface area (Å²) in [5.41, 5.74) is -0.545. The molecular weight excluding hydrogens is 297 g/mol. The van der Waals surface area contributed by atoms with E-state index >= 15 is 0 Å². The predicted octanol–water partition coefficient (Wildman–Crippen LogP) is 2.20. The minimum absolute atomic E-state index is 0.140. The highest BCUT2D eigenvalue weighted by molar-refractivity contribution is 7.89. The van der Waals surface area contributed by atoms with Crippen molar-refractivity contribution in [2.24, 2.45) is 0 Å². The van der Waals surface area contributed by atoms with Gasteiger partial charge in [0.25, 0.3) is 0 Å². The molecule has 116 valence electrons. The lowest BCUT2D eigenvalue weighted by molar-refractivity contribution is -0.138. The van der Waals surface area contributed by atoms with Gasteiger partial charge < -0.3 is 5.11 Å². The van der Waals surface area contributed by atoms with E-state index in [9.17, 15) is 17.6 Å². The maximum absolute atomic E-state index is 13.3. The second kappa shape index (κ2) is 5.73. The molecule has 1 fully saturated rings. The van der Waals surface area contributed by atoms with Crippen molar-refractivity contribution >= 4 is 16.0 Å². The third-order valence-corrected chi connectivity index (χ3v) is 5.56. The molecule has 0 aliphatic heterocycles. The molecule has 21 heavy (non-hydrogen) atoms. The van der Waals surface area contributed by atoms with Crippen LogP contribution >= 0.6 is 0 Å². The van der Waals surface area contributed by atoms with Gasteiger partial charge in [-0.25, -0.2) is 17.5 Å². The average Bonchev–Trinajstić information content (AvgIpc) is 2.78. The van der Waals surface area contributed by atoms with Gasteiger partial charge in [-0.05, 0) is 37.5 Å². The van der Waals surface area contributed by atoms with E-state index in [-0.39, 0.29) is 11.3 Å². The zero-order chi connectivity index (χ0) is 15.7. The van der Waals surface area contributed by atoms with Crippen LogP contribution in [-0.2, 0) is 14.8 Å². The average molecular weight is 315 g/mol. The summed E-state index contributed by atoms with van der Waals surface area (Å²) in [5, 5.41) is 9.01. The van der Waals surface area contributed by atoms with E-state index in [2.05, 4.69) is 4.72 Å². The van der Waals surface area contributed by atoms with E-state index in [1.165, 1.54) is 12.1 Å². The summed E-state index contributed by atoms with van der Waals surface area (Å²) in [4.78, 5) is 10.9. The smallest absolute Gasteiger partial charge is 0.305 e. The van der Waals surface area contributed by atoms with Crippen LogP contribution < -0.4 is 4.72 Å². The Morgan fingerprint density at radius 2 is 2.00 bits per heavy atom. The third kappa shape index (κ3) is 3.59. The number of sulfonamides is 1. The summed E-state index contributed by atoms with van der Waals surface area (Å²) >= 11 is 0. The molecular formula is C14H18FNO4S. The van der Waals surface area contributed by atoms with Gasteiger partial charge >= 0.3 is 5.97 Å². The Morgan fingerprint density at radius 1 is 1.38 bits per heavy atom. The van der Waals surface area contributed by atoms with Crippen LogP contribution in [0.25, 0.3) is 0 Å². The van der Waals surface area contributed by atoms with Crippen molar-refractivity contribution in [2.75, 3.05) is 0 Å². The number of rotatable bonds is 5. The molecule has 0 heterocycles. The molecule has 5 nitrogen and oxygen atoms in total. The molecule has 2 N–H and O–H groups in total. The van der Waals surface area contributed by atoms with E-state index in [0.29, 0.717) is 18.4 Å². The number of hydrogen-bond donors (Lipinski definition) is 2. The number of aryl methyl sites for hydroxylation is 1. The van der Waals surface area contributed by atoms with Gasteiger partial charge in [-0.3, -0.25) is 4.79 Å². The number of carboxylic acids is 1. The van der Waals surface area contributed by atoms with Crippen molar-refractivity contribution in [3.05, 3.63) is 29.6 Å². The van der Waals surface area contributed by atoms with Gasteiger partial charge in [0, 0.05) is 5.54 Å². The van der Waals surface area contributed by atoms with Crippen LogP contribution in [0.15, 0.2) is 23.1 Å². The predicted molar refractivity (Wildman–Crippen MR) is 74.9 cm³/mol. The van der Waals surface area contributed by atoms with Crippen LogP contribution in [-0.4, -0.2) is 25.0 Å². The number of carbonyl (C=O) groups is 1. The van der Waals surface area contributed by atoms with E-state index in [1.807, 2.05) is 0 Å². The van der Waals surface area contributed by atoms with Gasteiger partial charge in [0.05, 0.1) is 11.3 Å². The highest BCUT2D eigenvalue weighted by Crippen LogP contribution is 2.34. The van der Waals surface area contributed by atoms with Gasteiger partial charge in [-0.15, -0.1) is 0 Å². The number of halogens is 1. The van der Waals surface area contributed by atoms with Gasteiger partial charge in [0.15, 0.2) is 0 Å². The summed E-state index contributed by atoms with van der Waals surface area (Å²) in [6.45, 7) is 1.58. The Bertz CT molecular complexity index is 651. The molecule has 0 atom stereocenters. The number of carboxylic acid groups (broad SMARTS) is 1. The SMILES string of the molecule is Cc1ccc(F)cc1S(=O)(=O)NC1(CC(=O)O)CCCC1. The zero-order valence-corrected chi connectivity index (χ0v) is 12.5. The van der Waals surface area contributed by atoms with Gasteiger partial charge in [0.2, 0.25) is 10.0 Å². The van der Waals surface area contributed by atoms with Gasteiger partial charge in [-0.1, -0.05) is 18.9 Å². The third-order valence-electron chi connectivity index (χ3n) is 3.84. The van der Waals surface area contributed by atoms with Crippen LogP contribution in [0.5, 0.6) is 0 Å². The molecule has 1 saturated carbocycles. The highest BCUT2D eigenvalue weighted by atomic mass is 32.2. The number of aliphatic carboxylic acids is 1. The lowest BCUT2D eigenvalue weighted by Crippen LogP contribution is -2.47. The first-order valence-electron chi connectivity index (χ1n) is 6.76. The fourth-order valence-corrected chi connectivity index (χ4v) is 4.58. The Balaban J connectivity index is 2.35. The fourth-order valence-electron chi connectivity index (χ4n) is 2.86. The summed E-state index contributed by atoms with van der Waals surface area (Å²) in [5.74, 6) is -1.68. The topological polar surface area (TPSA) is 83.5 Å². The molecule has 7 heteroatoms. The number of hydrogen-bond acceptors (Lipinski definition) is 3. The van der Waals surface area contributed by atoms with Crippen LogP contribution in [0.2, 0.25) is 0 Å². The van der Waals surface area contributed by atoms with E-state index in [4.69, 9.17) is 5.11 Å². The monoisotopic (exact) mass is 315 g/mol. The molecule has 1 aliphatic carbocycles. The number of benzene rings is 1. The minimum Gasteiger partial charge on any atom is -0.481 e. The lowest BCUT2D eigenvalue weighted by atomic mass is 9.95. The first-order valence-corrected chi connectivity index (χ1v) is 8.24. The Kier molecular flexibility index (Phi) is 4.34. The fraction of sp³-hybridized carbons (Fsp3) is 0.500. The summed E-state index contributed by atoms with van der Waals surface area (Å²) in [7, 11) is -3.95. The van der Waals surface area contributed by atoms with Crippen LogP contribution in [0.1, 0.15) is 37.7 Å². The molecule has 1 aliphatic rings. The molecule has 0 spiro atoms. The van der Waals surface area contributed by atoms with Crippen molar-refractivity contribution in [1.29, 1.82) is 0 Å². The lowest BCUT2D eigenvalue weighted by Gasteiger charge is -2.28. The molecule has 0 saturated heterocycles. The van der Waals surface area contributed by atoms with Crippen LogP contribution in [0.3, 0.4) is 0 Å². The first-order chi connectivity index (χ1) is 9.74. The summed E-state index contributed by atoms with van der Waals surface area (Å²) < 4.78 is 40.8. The molecule has 0 amide bonds. The maximum atomic E-state index is 13.3. The van der Waals surface area contributed by atoms with Crippen molar-refractivity contribution in [3.8, 4) is 0 Å². The van der Waals surface area contributed by atoms with Gasteiger partial charge in [0.1, 0.15) is 5.82 Å².